The summed E-state index contributed by atoms with van der Waals surface area (Å²) < 4.78 is 4.36. The molecule has 0 aromatic rings. The van der Waals surface area contributed by atoms with E-state index in [-0.39, 0.29) is 5.92 Å². The van der Waals surface area contributed by atoms with Crippen molar-refractivity contribution in [1.29, 1.82) is 0 Å². The van der Waals surface area contributed by atoms with Crippen molar-refractivity contribution in [2.45, 2.75) is 38.2 Å². The summed E-state index contributed by atoms with van der Waals surface area (Å²) in [5.41, 5.74) is 0. The van der Waals surface area contributed by atoms with E-state index in [2.05, 4.69) is 16.6 Å². The summed E-state index contributed by atoms with van der Waals surface area (Å²) >= 11 is 0. The first-order valence-electron chi connectivity index (χ1n) is 5.01. The Bertz CT molecular complexity index is 243. The molecule has 1 aliphatic carbocycles. The fraction of sp³-hybridized carbons (Fsp3) is 0.727. The van der Waals surface area contributed by atoms with Gasteiger partial charge in [-0.2, -0.15) is 0 Å². The average Bonchev–Trinajstić information content (AvgIpc) is 2.26. The number of rotatable bonds is 1. The van der Waals surface area contributed by atoms with E-state index in [1.807, 2.05) is 0 Å². The van der Waals surface area contributed by atoms with E-state index in [9.17, 15) is 9.90 Å². The second kappa shape index (κ2) is 5.66. The predicted octanol–water partition coefficient (Wildman–Crippen LogP) is 1.10. The van der Waals surface area contributed by atoms with Crippen molar-refractivity contribution in [2.75, 3.05) is 7.11 Å². The van der Waals surface area contributed by atoms with Gasteiger partial charge in [-0.3, -0.25) is 0 Å². The van der Waals surface area contributed by atoms with Gasteiger partial charge >= 0.3 is 5.97 Å². The van der Waals surface area contributed by atoms with Gasteiger partial charge in [-0.05, 0) is 18.8 Å². The van der Waals surface area contributed by atoms with Crippen LogP contribution in [0.3, 0.4) is 0 Å². The molecule has 3 nitrogen and oxygen atoms in total. The lowest BCUT2D eigenvalue weighted by Crippen LogP contribution is -2.21. The van der Waals surface area contributed by atoms with Crippen LogP contribution in [0.15, 0.2) is 0 Å². The highest BCUT2D eigenvalue weighted by molar-refractivity contribution is 5.88. The Morgan fingerprint density at radius 2 is 2.07 bits per heavy atom. The maximum absolute atomic E-state index is 10.7. The largest absolute Gasteiger partial charge is 0.459 e. The standard InChI is InChI=1S/C11H16O3/c1-14-11(13)8-7-10(12)9-5-3-2-4-6-9/h9-10,12H,2-6H2,1H3/t10-/m0/s1. The van der Waals surface area contributed by atoms with Crippen molar-refractivity contribution in [3.8, 4) is 11.8 Å². The molecule has 1 saturated carbocycles. The lowest BCUT2D eigenvalue weighted by molar-refractivity contribution is -0.133. The van der Waals surface area contributed by atoms with Gasteiger partial charge in [0.05, 0.1) is 7.11 Å². The molecule has 0 aromatic carbocycles. The summed E-state index contributed by atoms with van der Waals surface area (Å²) in [4.78, 5) is 10.7. The van der Waals surface area contributed by atoms with Crippen LogP contribution in [0.5, 0.6) is 0 Å². The molecule has 1 N–H and O–H groups in total. The van der Waals surface area contributed by atoms with E-state index in [0.29, 0.717) is 0 Å². The molecule has 0 spiro atoms. The minimum absolute atomic E-state index is 0.237. The SMILES string of the molecule is COC(=O)C#C[C@H](O)C1CCCCC1. The molecular weight excluding hydrogens is 180 g/mol. The number of methoxy groups -OCH3 is 1. The van der Waals surface area contributed by atoms with Crippen molar-refractivity contribution in [1.82, 2.24) is 0 Å². The molecule has 0 heterocycles. The van der Waals surface area contributed by atoms with Crippen molar-refractivity contribution in [3.05, 3.63) is 0 Å². The molecule has 1 rings (SSSR count). The number of hydrogen-bond acceptors (Lipinski definition) is 3. The van der Waals surface area contributed by atoms with Crippen molar-refractivity contribution >= 4 is 5.97 Å². The van der Waals surface area contributed by atoms with Crippen LogP contribution in [-0.4, -0.2) is 24.3 Å². The van der Waals surface area contributed by atoms with E-state index in [0.717, 1.165) is 25.7 Å². The zero-order chi connectivity index (χ0) is 10.4. The highest BCUT2D eigenvalue weighted by Gasteiger charge is 2.19. The molecular formula is C11H16O3. The maximum Gasteiger partial charge on any atom is 0.384 e. The third kappa shape index (κ3) is 3.39. The molecule has 1 atom stereocenters. The summed E-state index contributed by atoms with van der Waals surface area (Å²) in [5, 5.41) is 9.64. The molecule has 78 valence electrons. The van der Waals surface area contributed by atoms with Crippen LogP contribution >= 0.6 is 0 Å². The van der Waals surface area contributed by atoms with E-state index in [1.165, 1.54) is 13.5 Å². The van der Waals surface area contributed by atoms with E-state index in [4.69, 9.17) is 0 Å². The summed E-state index contributed by atoms with van der Waals surface area (Å²) in [6.45, 7) is 0. The molecule has 14 heavy (non-hydrogen) atoms. The van der Waals surface area contributed by atoms with Gasteiger partial charge in [-0.1, -0.05) is 25.2 Å². The number of hydrogen-bond donors (Lipinski definition) is 1. The quantitative estimate of drug-likeness (QED) is 0.388. The Balaban J connectivity index is 2.42. The van der Waals surface area contributed by atoms with Gasteiger partial charge in [0.15, 0.2) is 0 Å². The normalized spacial score (nSPS) is 19.3. The van der Waals surface area contributed by atoms with Crippen LogP contribution in [0.1, 0.15) is 32.1 Å². The maximum atomic E-state index is 10.7. The Hall–Kier alpha value is -1.01. The Labute approximate surface area is 84.5 Å². The number of aliphatic hydroxyl groups excluding tert-OH is 1. The lowest BCUT2D eigenvalue weighted by atomic mass is 9.85. The molecule has 0 aromatic heterocycles. The van der Waals surface area contributed by atoms with Crippen LogP contribution in [0.25, 0.3) is 0 Å². The zero-order valence-electron chi connectivity index (χ0n) is 8.45. The Morgan fingerprint density at radius 1 is 1.43 bits per heavy atom. The lowest BCUT2D eigenvalue weighted by Gasteiger charge is -2.22. The molecule has 0 unspecified atom stereocenters. The molecule has 0 bridgehead atoms. The fourth-order valence-electron chi connectivity index (χ4n) is 1.75. The van der Waals surface area contributed by atoms with E-state index < -0.39 is 12.1 Å². The average molecular weight is 196 g/mol. The highest BCUT2D eigenvalue weighted by atomic mass is 16.5. The van der Waals surface area contributed by atoms with Crippen LogP contribution < -0.4 is 0 Å². The number of carbonyl (C=O) groups excluding carboxylic acids is 1. The molecule has 0 aliphatic heterocycles. The van der Waals surface area contributed by atoms with Gasteiger partial charge in [0, 0.05) is 5.92 Å². The smallest absolute Gasteiger partial charge is 0.384 e. The third-order valence-electron chi connectivity index (χ3n) is 2.60. The first-order valence-corrected chi connectivity index (χ1v) is 5.01. The van der Waals surface area contributed by atoms with E-state index >= 15 is 0 Å². The molecule has 1 aliphatic rings. The van der Waals surface area contributed by atoms with Crippen LogP contribution in [0.2, 0.25) is 0 Å². The summed E-state index contributed by atoms with van der Waals surface area (Å²) in [6, 6.07) is 0. The summed E-state index contributed by atoms with van der Waals surface area (Å²) in [7, 11) is 1.28. The second-order valence-corrected chi connectivity index (χ2v) is 3.60. The zero-order valence-corrected chi connectivity index (χ0v) is 8.45. The van der Waals surface area contributed by atoms with Crippen molar-refractivity contribution < 1.29 is 14.6 Å². The number of esters is 1. The van der Waals surface area contributed by atoms with Gasteiger partial charge in [0.25, 0.3) is 0 Å². The first-order chi connectivity index (χ1) is 6.74. The van der Waals surface area contributed by atoms with Crippen LogP contribution in [0.4, 0.5) is 0 Å². The van der Waals surface area contributed by atoms with Crippen LogP contribution in [-0.2, 0) is 9.53 Å². The van der Waals surface area contributed by atoms with Gasteiger partial charge in [0.1, 0.15) is 6.10 Å². The third-order valence-corrected chi connectivity index (χ3v) is 2.60. The molecule has 1 fully saturated rings. The van der Waals surface area contributed by atoms with Gasteiger partial charge in [-0.25, -0.2) is 4.79 Å². The van der Waals surface area contributed by atoms with Crippen molar-refractivity contribution in [2.24, 2.45) is 5.92 Å². The number of aliphatic hydroxyl groups is 1. The predicted molar refractivity (Wildman–Crippen MR) is 52.4 cm³/mol. The highest BCUT2D eigenvalue weighted by Crippen LogP contribution is 2.25. The summed E-state index contributed by atoms with van der Waals surface area (Å²) in [5.74, 6) is 4.46. The first kappa shape index (κ1) is 11.1. The minimum atomic E-state index is -0.672. The second-order valence-electron chi connectivity index (χ2n) is 3.60. The van der Waals surface area contributed by atoms with Gasteiger partial charge in [0.2, 0.25) is 0 Å². The summed E-state index contributed by atoms with van der Waals surface area (Å²) in [6.07, 6.45) is 4.90. The van der Waals surface area contributed by atoms with Gasteiger partial charge in [-0.15, -0.1) is 0 Å². The Morgan fingerprint density at radius 3 is 2.64 bits per heavy atom. The topological polar surface area (TPSA) is 46.5 Å². The van der Waals surface area contributed by atoms with Crippen molar-refractivity contribution in [3.63, 3.8) is 0 Å². The molecule has 0 saturated heterocycles. The molecule has 0 radical (unpaired) electrons. The number of ether oxygens (including phenoxy) is 1. The molecule has 3 heteroatoms. The fourth-order valence-corrected chi connectivity index (χ4v) is 1.75. The minimum Gasteiger partial charge on any atom is -0.459 e. The van der Waals surface area contributed by atoms with Gasteiger partial charge < -0.3 is 9.84 Å². The van der Waals surface area contributed by atoms with E-state index in [1.54, 1.807) is 0 Å². The van der Waals surface area contributed by atoms with Crippen LogP contribution in [0, 0.1) is 17.8 Å². The Kier molecular flexibility index (Phi) is 4.48. The monoisotopic (exact) mass is 196 g/mol. The number of carbonyl (C=O) groups is 1. The molecule has 0 amide bonds.